The number of halogens is 3. The van der Waals surface area contributed by atoms with Crippen LogP contribution in [0, 0.1) is 0 Å². The molecule has 1 saturated heterocycles. The Morgan fingerprint density at radius 1 is 1.25 bits per heavy atom. The molecule has 1 heterocycles. The van der Waals surface area contributed by atoms with Crippen LogP contribution in [0.2, 0.25) is 0 Å². The SMILES string of the molecule is NCCN1CCN(C(=O)NC(F)(F)F)CC1. The quantitative estimate of drug-likeness (QED) is 0.657. The normalized spacial score (nSPS) is 18.6. The minimum Gasteiger partial charge on any atom is -0.329 e. The number of hydrogen-bond donors (Lipinski definition) is 2. The molecule has 0 bridgehead atoms. The Bertz CT molecular complexity index is 238. The molecule has 5 nitrogen and oxygen atoms in total. The number of carbonyl (C=O) groups is 1. The van der Waals surface area contributed by atoms with Crippen LogP contribution >= 0.6 is 0 Å². The zero-order valence-electron chi connectivity index (χ0n) is 8.76. The zero-order valence-corrected chi connectivity index (χ0v) is 8.76. The van der Waals surface area contributed by atoms with Crippen LogP contribution in [0.5, 0.6) is 0 Å². The highest BCUT2D eigenvalue weighted by atomic mass is 19.4. The van der Waals surface area contributed by atoms with Gasteiger partial charge in [-0.2, -0.15) is 13.2 Å². The van der Waals surface area contributed by atoms with Gasteiger partial charge in [-0.25, -0.2) is 10.1 Å². The molecule has 0 aromatic carbocycles. The summed E-state index contributed by atoms with van der Waals surface area (Å²) in [6, 6.07) is -1.08. The summed E-state index contributed by atoms with van der Waals surface area (Å²) in [5, 5.41) is 0.979. The number of carbonyl (C=O) groups excluding carboxylic acids is 1. The van der Waals surface area contributed by atoms with Crippen molar-refractivity contribution in [3.05, 3.63) is 0 Å². The molecule has 0 spiro atoms. The van der Waals surface area contributed by atoms with Gasteiger partial charge in [-0.15, -0.1) is 0 Å². The zero-order chi connectivity index (χ0) is 12.2. The van der Waals surface area contributed by atoms with E-state index in [-0.39, 0.29) is 0 Å². The van der Waals surface area contributed by atoms with E-state index in [2.05, 4.69) is 0 Å². The van der Waals surface area contributed by atoms with Crippen molar-refractivity contribution in [1.29, 1.82) is 0 Å². The maximum Gasteiger partial charge on any atom is 0.485 e. The highest BCUT2D eigenvalue weighted by molar-refractivity contribution is 5.74. The van der Waals surface area contributed by atoms with E-state index in [1.54, 1.807) is 0 Å². The van der Waals surface area contributed by atoms with Gasteiger partial charge in [-0.05, 0) is 0 Å². The van der Waals surface area contributed by atoms with E-state index in [0.29, 0.717) is 39.3 Å². The molecule has 8 heteroatoms. The molecule has 3 N–H and O–H groups in total. The van der Waals surface area contributed by atoms with E-state index >= 15 is 0 Å². The number of nitrogens with one attached hydrogen (secondary N) is 1. The van der Waals surface area contributed by atoms with Gasteiger partial charge in [0.2, 0.25) is 0 Å². The molecule has 1 fully saturated rings. The first-order valence-corrected chi connectivity index (χ1v) is 4.98. The highest BCUT2D eigenvalue weighted by Crippen LogP contribution is 2.11. The average molecular weight is 240 g/mol. The maximum atomic E-state index is 11.9. The minimum atomic E-state index is -4.66. The molecular weight excluding hydrogens is 225 g/mol. The fourth-order valence-corrected chi connectivity index (χ4v) is 1.56. The van der Waals surface area contributed by atoms with Crippen LogP contribution in [0.25, 0.3) is 0 Å². The Balaban J connectivity index is 2.33. The number of nitrogens with zero attached hydrogens (tertiary/aromatic N) is 2. The lowest BCUT2D eigenvalue weighted by atomic mass is 10.3. The second-order valence-electron chi connectivity index (χ2n) is 3.55. The number of alkyl halides is 3. The predicted octanol–water partition coefficient (Wildman–Crippen LogP) is -0.208. The van der Waals surface area contributed by atoms with E-state index < -0.39 is 12.3 Å². The Morgan fingerprint density at radius 2 is 1.81 bits per heavy atom. The molecule has 16 heavy (non-hydrogen) atoms. The van der Waals surface area contributed by atoms with Gasteiger partial charge < -0.3 is 10.6 Å². The molecule has 2 amide bonds. The third-order valence-corrected chi connectivity index (χ3v) is 2.35. The number of piperazine rings is 1. The first-order chi connectivity index (χ1) is 7.42. The average Bonchev–Trinajstić information content (AvgIpc) is 2.16. The smallest absolute Gasteiger partial charge is 0.329 e. The van der Waals surface area contributed by atoms with E-state index in [1.807, 2.05) is 4.90 Å². The van der Waals surface area contributed by atoms with Crippen LogP contribution in [0.4, 0.5) is 18.0 Å². The first kappa shape index (κ1) is 13.0. The molecule has 94 valence electrons. The monoisotopic (exact) mass is 240 g/mol. The fourth-order valence-electron chi connectivity index (χ4n) is 1.56. The summed E-state index contributed by atoms with van der Waals surface area (Å²) in [5.74, 6) is 0. The molecule has 1 rings (SSSR count). The fraction of sp³-hybridized carbons (Fsp3) is 0.875. The van der Waals surface area contributed by atoms with Crippen molar-refractivity contribution in [2.75, 3.05) is 39.3 Å². The van der Waals surface area contributed by atoms with Crippen molar-refractivity contribution >= 4 is 6.03 Å². The van der Waals surface area contributed by atoms with Crippen LogP contribution in [0.3, 0.4) is 0 Å². The molecule has 1 aliphatic heterocycles. The Labute approximate surface area is 91.4 Å². The van der Waals surface area contributed by atoms with Crippen LogP contribution in [0.15, 0.2) is 0 Å². The Morgan fingerprint density at radius 3 is 2.25 bits per heavy atom. The van der Waals surface area contributed by atoms with Gasteiger partial charge in [0.05, 0.1) is 0 Å². The van der Waals surface area contributed by atoms with Crippen LogP contribution in [0.1, 0.15) is 0 Å². The molecule has 1 aliphatic rings. The number of nitrogens with two attached hydrogens (primary N) is 1. The van der Waals surface area contributed by atoms with Gasteiger partial charge in [0.25, 0.3) is 0 Å². The molecule has 0 aromatic rings. The van der Waals surface area contributed by atoms with Gasteiger partial charge >= 0.3 is 12.3 Å². The third-order valence-electron chi connectivity index (χ3n) is 2.35. The molecule has 0 saturated carbocycles. The van der Waals surface area contributed by atoms with E-state index in [4.69, 9.17) is 5.73 Å². The summed E-state index contributed by atoms with van der Waals surface area (Å²) in [5.41, 5.74) is 5.35. The molecule has 0 radical (unpaired) electrons. The van der Waals surface area contributed by atoms with Gasteiger partial charge in [0.15, 0.2) is 0 Å². The lowest BCUT2D eigenvalue weighted by Crippen LogP contribution is -2.54. The lowest BCUT2D eigenvalue weighted by Gasteiger charge is -2.34. The van der Waals surface area contributed by atoms with Crippen molar-refractivity contribution in [2.24, 2.45) is 5.73 Å². The summed E-state index contributed by atoms with van der Waals surface area (Å²) >= 11 is 0. The highest BCUT2D eigenvalue weighted by Gasteiger charge is 2.33. The molecule has 0 aromatic heterocycles. The topological polar surface area (TPSA) is 61.6 Å². The van der Waals surface area contributed by atoms with E-state index in [0.717, 1.165) is 10.2 Å². The maximum absolute atomic E-state index is 11.9. The van der Waals surface area contributed by atoms with E-state index in [9.17, 15) is 18.0 Å². The number of rotatable bonds is 2. The summed E-state index contributed by atoms with van der Waals surface area (Å²) in [4.78, 5) is 14.3. The van der Waals surface area contributed by atoms with Crippen molar-refractivity contribution in [2.45, 2.75) is 6.30 Å². The van der Waals surface area contributed by atoms with Gasteiger partial charge in [0.1, 0.15) is 0 Å². The van der Waals surface area contributed by atoms with Crippen LogP contribution in [-0.4, -0.2) is 61.4 Å². The van der Waals surface area contributed by atoms with Gasteiger partial charge in [-0.1, -0.05) is 0 Å². The molecule has 0 aliphatic carbocycles. The minimum absolute atomic E-state index is 0.294. The lowest BCUT2D eigenvalue weighted by molar-refractivity contribution is -0.147. The van der Waals surface area contributed by atoms with Crippen molar-refractivity contribution < 1.29 is 18.0 Å². The standard InChI is InChI=1S/C8H15F3N4O/c9-8(10,11)13-7(16)15-5-3-14(2-1-12)4-6-15/h1-6,12H2,(H,13,16). The molecular formula is C8H15F3N4O. The largest absolute Gasteiger partial charge is 0.485 e. The summed E-state index contributed by atoms with van der Waals surface area (Å²) in [6.45, 7) is 2.91. The Hall–Kier alpha value is -1.02. The first-order valence-electron chi connectivity index (χ1n) is 4.98. The summed E-state index contributed by atoms with van der Waals surface area (Å²) < 4.78 is 35.6. The summed E-state index contributed by atoms with van der Waals surface area (Å²) in [6.07, 6.45) is -4.66. The Kier molecular flexibility index (Phi) is 4.36. The van der Waals surface area contributed by atoms with Crippen LogP contribution < -0.4 is 11.1 Å². The third kappa shape index (κ3) is 4.23. The second-order valence-corrected chi connectivity index (χ2v) is 3.55. The number of amides is 2. The number of hydrogen-bond acceptors (Lipinski definition) is 3. The second kappa shape index (κ2) is 5.35. The van der Waals surface area contributed by atoms with E-state index in [1.165, 1.54) is 0 Å². The molecule has 0 atom stereocenters. The van der Waals surface area contributed by atoms with Crippen LogP contribution in [-0.2, 0) is 0 Å². The number of urea groups is 1. The molecule has 0 unspecified atom stereocenters. The van der Waals surface area contributed by atoms with Crippen molar-refractivity contribution in [3.63, 3.8) is 0 Å². The van der Waals surface area contributed by atoms with Crippen molar-refractivity contribution in [1.82, 2.24) is 15.1 Å². The van der Waals surface area contributed by atoms with Crippen molar-refractivity contribution in [3.8, 4) is 0 Å². The summed E-state index contributed by atoms with van der Waals surface area (Å²) in [7, 11) is 0. The van der Waals surface area contributed by atoms with Gasteiger partial charge in [-0.3, -0.25) is 4.90 Å². The van der Waals surface area contributed by atoms with Gasteiger partial charge in [0, 0.05) is 39.3 Å². The predicted molar refractivity (Wildman–Crippen MR) is 51.7 cm³/mol.